The second-order valence-corrected chi connectivity index (χ2v) is 5.20. The molecule has 0 spiro atoms. The van der Waals surface area contributed by atoms with Crippen molar-refractivity contribution in [2.75, 3.05) is 0 Å². The minimum Gasteiger partial charge on any atom is -0.324 e. The third-order valence-electron chi connectivity index (χ3n) is 4.44. The lowest BCUT2D eigenvalue weighted by atomic mass is 9.54. The van der Waals surface area contributed by atoms with E-state index in [1.807, 2.05) is 0 Å². The molecule has 2 aliphatic carbocycles. The quantitative estimate of drug-likeness (QED) is 0.781. The fourth-order valence-electron chi connectivity index (χ4n) is 3.64. The minimum atomic E-state index is 0.287. The summed E-state index contributed by atoms with van der Waals surface area (Å²) in [5, 5.41) is 0. The van der Waals surface area contributed by atoms with Crippen molar-refractivity contribution in [1.29, 1.82) is 0 Å². The Kier molecular flexibility index (Phi) is 2.28. The van der Waals surface area contributed by atoms with Gasteiger partial charge in [-0.2, -0.15) is 0 Å². The summed E-state index contributed by atoms with van der Waals surface area (Å²) >= 11 is 0. The standard InChI is InChI=1S/C14H19N/c15-14(10-5-2-1-3-6-10)13-11-7-4-8-12(13)9-11/h1-3,5-6,11-14H,4,7-9,15H2/t11?,12?,13?,14-/m0/s1. The van der Waals surface area contributed by atoms with Crippen molar-refractivity contribution in [1.82, 2.24) is 0 Å². The summed E-state index contributed by atoms with van der Waals surface area (Å²) in [6, 6.07) is 10.9. The molecule has 1 aromatic carbocycles. The number of hydrogen-bond donors (Lipinski definition) is 1. The second-order valence-electron chi connectivity index (χ2n) is 5.20. The van der Waals surface area contributed by atoms with Crippen LogP contribution in [-0.4, -0.2) is 0 Å². The smallest absolute Gasteiger partial charge is 0.0328 e. The Bertz CT molecular complexity index is 318. The highest BCUT2D eigenvalue weighted by atomic mass is 14.7. The SMILES string of the molecule is N[C@@H](c1ccccc1)C1C2CCCC1C2. The summed E-state index contributed by atoms with van der Waals surface area (Å²) in [4.78, 5) is 0. The van der Waals surface area contributed by atoms with Gasteiger partial charge in [-0.3, -0.25) is 0 Å². The fourth-order valence-corrected chi connectivity index (χ4v) is 3.64. The summed E-state index contributed by atoms with van der Waals surface area (Å²) < 4.78 is 0. The van der Waals surface area contributed by atoms with Crippen LogP contribution in [0.25, 0.3) is 0 Å². The highest BCUT2D eigenvalue weighted by Gasteiger charge is 2.46. The molecule has 2 fully saturated rings. The van der Waals surface area contributed by atoms with Crippen molar-refractivity contribution in [3.8, 4) is 0 Å². The van der Waals surface area contributed by atoms with Gasteiger partial charge in [0.2, 0.25) is 0 Å². The largest absolute Gasteiger partial charge is 0.324 e. The van der Waals surface area contributed by atoms with Gasteiger partial charge < -0.3 is 5.73 Å². The molecule has 1 heteroatoms. The fraction of sp³-hybridized carbons (Fsp3) is 0.571. The van der Waals surface area contributed by atoms with E-state index in [4.69, 9.17) is 5.73 Å². The first-order valence-electron chi connectivity index (χ1n) is 6.17. The first kappa shape index (κ1) is 9.41. The van der Waals surface area contributed by atoms with E-state index in [2.05, 4.69) is 30.3 Å². The average molecular weight is 201 g/mol. The molecule has 2 bridgehead atoms. The zero-order valence-corrected chi connectivity index (χ0v) is 9.10. The number of benzene rings is 1. The van der Waals surface area contributed by atoms with Gasteiger partial charge in [-0.05, 0) is 29.7 Å². The molecule has 2 unspecified atom stereocenters. The van der Waals surface area contributed by atoms with E-state index < -0.39 is 0 Å². The number of rotatable bonds is 2. The predicted molar refractivity (Wildman–Crippen MR) is 62.3 cm³/mol. The Morgan fingerprint density at radius 2 is 1.73 bits per heavy atom. The van der Waals surface area contributed by atoms with Crippen LogP contribution in [0, 0.1) is 17.8 Å². The summed E-state index contributed by atoms with van der Waals surface area (Å²) in [6.07, 6.45) is 5.72. The maximum atomic E-state index is 6.39. The van der Waals surface area contributed by atoms with Gasteiger partial charge in [0.25, 0.3) is 0 Å². The first-order chi connectivity index (χ1) is 7.36. The molecular formula is C14H19N. The highest BCUT2D eigenvalue weighted by molar-refractivity contribution is 5.21. The third kappa shape index (κ3) is 1.50. The van der Waals surface area contributed by atoms with Crippen molar-refractivity contribution < 1.29 is 0 Å². The molecule has 0 amide bonds. The van der Waals surface area contributed by atoms with Crippen LogP contribution in [0.15, 0.2) is 30.3 Å². The van der Waals surface area contributed by atoms with Gasteiger partial charge in [0, 0.05) is 6.04 Å². The lowest BCUT2D eigenvalue weighted by molar-refractivity contribution is -0.00457. The van der Waals surface area contributed by atoms with E-state index in [9.17, 15) is 0 Å². The van der Waals surface area contributed by atoms with E-state index in [0.29, 0.717) is 0 Å². The molecule has 0 saturated heterocycles. The molecular weight excluding hydrogens is 182 g/mol. The van der Waals surface area contributed by atoms with E-state index in [0.717, 1.165) is 17.8 Å². The van der Waals surface area contributed by atoms with E-state index >= 15 is 0 Å². The molecule has 15 heavy (non-hydrogen) atoms. The molecule has 2 aliphatic rings. The van der Waals surface area contributed by atoms with E-state index in [-0.39, 0.29) is 6.04 Å². The maximum Gasteiger partial charge on any atom is 0.0328 e. The normalized spacial score (nSPS) is 35.7. The van der Waals surface area contributed by atoms with Crippen molar-refractivity contribution in [2.24, 2.45) is 23.5 Å². The van der Waals surface area contributed by atoms with Crippen LogP contribution in [0.4, 0.5) is 0 Å². The summed E-state index contributed by atoms with van der Waals surface area (Å²) in [6.45, 7) is 0. The predicted octanol–water partition coefficient (Wildman–Crippen LogP) is 3.12. The lowest BCUT2D eigenvalue weighted by Crippen LogP contribution is -2.46. The Hall–Kier alpha value is -0.820. The van der Waals surface area contributed by atoms with Gasteiger partial charge in [-0.25, -0.2) is 0 Å². The zero-order chi connectivity index (χ0) is 10.3. The highest BCUT2D eigenvalue weighted by Crippen LogP contribution is 2.54. The van der Waals surface area contributed by atoms with E-state index in [1.165, 1.54) is 31.2 Å². The van der Waals surface area contributed by atoms with Gasteiger partial charge in [0.15, 0.2) is 0 Å². The second kappa shape index (κ2) is 3.64. The molecule has 3 rings (SSSR count). The van der Waals surface area contributed by atoms with Crippen molar-refractivity contribution in [2.45, 2.75) is 31.7 Å². The maximum absolute atomic E-state index is 6.39. The van der Waals surface area contributed by atoms with Gasteiger partial charge in [-0.1, -0.05) is 49.6 Å². The molecule has 1 nitrogen and oxygen atoms in total. The zero-order valence-electron chi connectivity index (χ0n) is 9.10. The van der Waals surface area contributed by atoms with Gasteiger partial charge in [0.1, 0.15) is 0 Å². The summed E-state index contributed by atoms with van der Waals surface area (Å²) in [5.74, 6) is 2.64. The summed E-state index contributed by atoms with van der Waals surface area (Å²) in [7, 11) is 0. The third-order valence-corrected chi connectivity index (χ3v) is 4.44. The van der Waals surface area contributed by atoms with Crippen LogP contribution in [0.1, 0.15) is 37.3 Å². The Morgan fingerprint density at radius 3 is 2.33 bits per heavy atom. The molecule has 80 valence electrons. The van der Waals surface area contributed by atoms with Crippen LogP contribution in [-0.2, 0) is 0 Å². The Balaban J connectivity index is 1.78. The summed E-state index contributed by atoms with van der Waals surface area (Å²) in [5.41, 5.74) is 7.72. The number of hydrogen-bond acceptors (Lipinski definition) is 1. The molecule has 0 aromatic heterocycles. The molecule has 0 aliphatic heterocycles. The molecule has 2 N–H and O–H groups in total. The lowest BCUT2D eigenvalue weighted by Gasteiger charge is -2.52. The molecule has 0 radical (unpaired) electrons. The Morgan fingerprint density at radius 1 is 1.07 bits per heavy atom. The van der Waals surface area contributed by atoms with Crippen molar-refractivity contribution in [3.63, 3.8) is 0 Å². The minimum absolute atomic E-state index is 0.287. The number of fused-ring (bicyclic) bond motifs is 2. The Labute approximate surface area is 91.7 Å². The molecule has 0 heterocycles. The molecule has 1 aromatic rings. The van der Waals surface area contributed by atoms with Crippen LogP contribution in [0.5, 0.6) is 0 Å². The van der Waals surface area contributed by atoms with Crippen molar-refractivity contribution in [3.05, 3.63) is 35.9 Å². The van der Waals surface area contributed by atoms with Gasteiger partial charge >= 0.3 is 0 Å². The topological polar surface area (TPSA) is 26.0 Å². The first-order valence-corrected chi connectivity index (χ1v) is 6.17. The van der Waals surface area contributed by atoms with Crippen LogP contribution < -0.4 is 5.73 Å². The average Bonchev–Trinajstić information content (AvgIpc) is 2.31. The van der Waals surface area contributed by atoms with Gasteiger partial charge in [0.05, 0.1) is 0 Å². The molecule has 3 atom stereocenters. The van der Waals surface area contributed by atoms with Gasteiger partial charge in [-0.15, -0.1) is 0 Å². The van der Waals surface area contributed by atoms with Crippen LogP contribution in [0.3, 0.4) is 0 Å². The van der Waals surface area contributed by atoms with Crippen LogP contribution >= 0.6 is 0 Å². The van der Waals surface area contributed by atoms with Crippen molar-refractivity contribution >= 4 is 0 Å². The monoisotopic (exact) mass is 201 g/mol. The molecule has 2 saturated carbocycles. The van der Waals surface area contributed by atoms with Crippen LogP contribution in [0.2, 0.25) is 0 Å². The number of nitrogens with two attached hydrogens (primary N) is 1. The van der Waals surface area contributed by atoms with E-state index in [1.54, 1.807) is 0 Å².